The predicted molar refractivity (Wildman–Crippen MR) is 140 cm³/mol. The first-order chi connectivity index (χ1) is 15.4. The average Bonchev–Trinajstić information content (AvgIpc) is 2.79. The fourth-order valence-electron chi connectivity index (χ4n) is 3.01. The van der Waals surface area contributed by atoms with Gasteiger partial charge in [0.15, 0.2) is 5.96 Å². The molecule has 9 heteroatoms. The molecule has 0 bridgehead atoms. The van der Waals surface area contributed by atoms with E-state index in [4.69, 9.17) is 14.2 Å². The molecule has 182 valence electrons. The zero-order chi connectivity index (χ0) is 23.5. The number of ether oxygens (including phenoxy) is 3. The summed E-state index contributed by atoms with van der Waals surface area (Å²) < 4.78 is 15.7. The highest BCUT2D eigenvalue weighted by molar-refractivity contribution is 14.0. The standard InChI is InChI=1S/C24H33N3O5.HI/c1-6-25-24(26-14-17-10-11-22(30-4)20(12-17)23(29)31-5)27-15-21(28)18-8-7-9-19(13-18)32-16(2)3;/h7-13,16,21,28H,6,14-15H2,1-5H3,(H2,25,26,27);1H. The van der Waals surface area contributed by atoms with E-state index in [-0.39, 0.29) is 36.6 Å². The number of hydrogen-bond acceptors (Lipinski definition) is 6. The highest BCUT2D eigenvalue weighted by Crippen LogP contribution is 2.22. The maximum absolute atomic E-state index is 12.0. The summed E-state index contributed by atoms with van der Waals surface area (Å²) in [4.78, 5) is 16.5. The Bertz CT molecular complexity index is 921. The number of aliphatic hydroxyl groups excluding tert-OH is 1. The minimum atomic E-state index is -0.735. The van der Waals surface area contributed by atoms with Crippen molar-refractivity contribution in [1.29, 1.82) is 0 Å². The van der Waals surface area contributed by atoms with Gasteiger partial charge in [-0.05, 0) is 56.2 Å². The van der Waals surface area contributed by atoms with Crippen molar-refractivity contribution in [1.82, 2.24) is 10.6 Å². The molecule has 0 heterocycles. The third-order valence-corrected chi connectivity index (χ3v) is 4.51. The Morgan fingerprint density at radius 1 is 1.12 bits per heavy atom. The van der Waals surface area contributed by atoms with Crippen molar-refractivity contribution in [2.24, 2.45) is 4.99 Å². The zero-order valence-electron chi connectivity index (χ0n) is 19.8. The predicted octanol–water partition coefficient (Wildman–Crippen LogP) is 3.68. The number of nitrogens with one attached hydrogen (secondary N) is 2. The molecule has 8 nitrogen and oxygen atoms in total. The fourth-order valence-corrected chi connectivity index (χ4v) is 3.01. The van der Waals surface area contributed by atoms with E-state index in [0.717, 1.165) is 16.9 Å². The van der Waals surface area contributed by atoms with Crippen molar-refractivity contribution in [3.05, 3.63) is 59.2 Å². The number of carbonyl (C=O) groups excluding carboxylic acids is 1. The second-order valence-corrected chi connectivity index (χ2v) is 7.36. The molecule has 2 rings (SSSR count). The molecule has 0 fully saturated rings. The van der Waals surface area contributed by atoms with Gasteiger partial charge in [0.1, 0.15) is 17.1 Å². The van der Waals surface area contributed by atoms with Gasteiger partial charge >= 0.3 is 5.97 Å². The van der Waals surface area contributed by atoms with E-state index in [2.05, 4.69) is 15.6 Å². The first-order valence-corrected chi connectivity index (χ1v) is 10.6. The third-order valence-electron chi connectivity index (χ3n) is 4.51. The summed E-state index contributed by atoms with van der Waals surface area (Å²) in [7, 11) is 2.83. The minimum absolute atomic E-state index is 0. The van der Waals surface area contributed by atoms with Gasteiger partial charge < -0.3 is 30.0 Å². The summed E-state index contributed by atoms with van der Waals surface area (Å²) in [6.07, 6.45) is -0.674. The maximum Gasteiger partial charge on any atom is 0.341 e. The van der Waals surface area contributed by atoms with Crippen LogP contribution >= 0.6 is 24.0 Å². The van der Waals surface area contributed by atoms with E-state index in [1.54, 1.807) is 12.1 Å². The number of esters is 1. The van der Waals surface area contributed by atoms with E-state index >= 15 is 0 Å². The Morgan fingerprint density at radius 2 is 1.88 bits per heavy atom. The van der Waals surface area contributed by atoms with E-state index in [9.17, 15) is 9.90 Å². The lowest BCUT2D eigenvalue weighted by Crippen LogP contribution is -2.39. The van der Waals surface area contributed by atoms with E-state index in [0.29, 0.717) is 30.4 Å². The van der Waals surface area contributed by atoms with E-state index in [1.807, 2.05) is 51.1 Å². The van der Waals surface area contributed by atoms with Crippen molar-refractivity contribution in [2.45, 2.75) is 39.5 Å². The monoisotopic (exact) mass is 571 g/mol. The van der Waals surface area contributed by atoms with E-state index < -0.39 is 12.1 Å². The van der Waals surface area contributed by atoms with Crippen LogP contribution in [0.2, 0.25) is 0 Å². The van der Waals surface area contributed by atoms with Gasteiger partial charge in [0.25, 0.3) is 0 Å². The second-order valence-electron chi connectivity index (χ2n) is 7.36. The zero-order valence-corrected chi connectivity index (χ0v) is 22.1. The largest absolute Gasteiger partial charge is 0.496 e. The number of aliphatic imine (C=N–C) groups is 1. The van der Waals surface area contributed by atoms with Crippen LogP contribution in [0.3, 0.4) is 0 Å². The number of halogens is 1. The number of hydrogen-bond donors (Lipinski definition) is 3. The van der Waals surface area contributed by atoms with Gasteiger partial charge in [0, 0.05) is 13.1 Å². The summed E-state index contributed by atoms with van der Waals surface area (Å²) in [6, 6.07) is 12.7. The number of guanidine groups is 1. The maximum atomic E-state index is 12.0. The highest BCUT2D eigenvalue weighted by Gasteiger charge is 2.14. The molecule has 0 aromatic heterocycles. The number of rotatable bonds is 10. The highest BCUT2D eigenvalue weighted by atomic mass is 127. The Morgan fingerprint density at radius 3 is 2.52 bits per heavy atom. The summed E-state index contributed by atoms with van der Waals surface area (Å²) in [5, 5.41) is 16.9. The lowest BCUT2D eigenvalue weighted by Gasteiger charge is -2.17. The fraction of sp³-hybridized carbons (Fsp3) is 0.417. The second kappa shape index (κ2) is 14.6. The normalized spacial score (nSPS) is 11.9. The Balaban J connectivity index is 0.00000544. The smallest absolute Gasteiger partial charge is 0.341 e. The first kappa shape index (κ1) is 28.5. The van der Waals surface area contributed by atoms with Gasteiger partial charge in [-0.3, -0.25) is 0 Å². The Kier molecular flexibility index (Phi) is 12.6. The van der Waals surface area contributed by atoms with Crippen LogP contribution in [0.15, 0.2) is 47.5 Å². The molecule has 2 aromatic carbocycles. The van der Waals surface area contributed by atoms with Gasteiger partial charge in [0.05, 0.1) is 33.0 Å². The van der Waals surface area contributed by atoms with Crippen molar-refractivity contribution in [2.75, 3.05) is 27.3 Å². The van der Waals surface area contributed by atoms with Crippen LogP contribution in [0.1, 0.15) is 48.4 Å². The van der Waals surface area contributed by atoms with Crippen LogP contribution in [-0.4, -0.2) is 50.4 Å². The molecule has 1 atom stereocenters. The number of methoxy groups -OCH3 is 2. The quantitative estimate of drug-likeness (QED) is 0.173. The number of nitrogens with zero attached hydrogens (tertiary/aromatic N) is 1. The Labute approximate surface area is 212 Å². The third kappa shape index (κ3) is 9.09. The van der Waals surface area contributed by atoms with Crippen molar-refractivity contribution in [3.8, 4) is 11.5 Å². The minimum Gasteiger partial charge on any atom is -0.496 e. The van der Waals surface area contributed by atoms with Gasteiger partial charge in [-0.1, -0.05) is 18.2 Å². The molecule has 0 spiro atoms. The molecule has 3 N–H and O–H groups in total. The van der Waals surface area contributed by atoms with Crippen molar-refractivity contribution < 1.29 is 24.1 Å². The van der Waals surface area contributed by atoms with Gasteiger partial charge in [-0.25, -0.2) is 9.79 Å². The van der Waals surface area contributed by atoms with Gasteiger partial charge in [0.2, 0.25) is 0 Å². The number of aliphatic hydroxyl groups is 1. The number of benzene rings is 2. The molecule has 1 unspecified atom stereocenters. The molecular formula is C24H34IN3O5. The molecule has 0 aliphatic rings. The summed E-state index contributed by atoms with van der Waals surface area (Å²) in [5.41, 5.74) is 1.92. The topological polar surface area (TPSA) is 101 Å². The molecule has 0 amide bonds. The van der Waals surface area contributed by atoms with Crippen LogP contribution in [0, 0.1) is 0 Å². The van der Waals surface area contributed by atoms with Crippen LogP contribution in [-0.2, 0) is 11.3 Å². The SMILES string of the molecule is CCNC(=NCc1ccc(OC)c(C(=O)OC)c1)NCC(O)c1cccc(OC(C)C)c1.I. The molecule has 0 radical (unpaired) electrons. The summed E-state index contributed by atoms with van der Waals surface area (Å²) in [6.45, 7) is 7.14. The molecular weight excluding hydrogens is 537 g/mol. The van der Waals surface area contributed by atoms with Gasteiger partial charge in [-0.2, -0.15) is 0 Å². The van der Waals surface area contributed by atoms with Crippen molar-refractivity contribution in [3.63, 3.8) is 0 Å². The van der Waals surface area contributed by atoms with Crippen LogP contribution in [0.4, 0.5) is 0 Å². The summed E-state index contributed by atoms with van der Waals surface area (Å²) >= 11 is 0. The molecule has 0 saturated heterocycles. The lowest BCUT2D eigenvalue weighted by molar-refractivity contribution is 0.0597. The van der Waals surface area contributed by atoms with Gasteiger partial charge in [-0.15, -0.1) is 24.0 Å². The van der Waals surface area contributed by atoms with Crippen LogP contribution in [0.5, 0.6) is 11.5 Å². The number of carbonyl (C=O) groups is 1. The lowest BCUT2D eigenvalue weighted by atomic mass is 10.1. The molecule has 2 aromatic rings. The molecule has 33 heavy (non-hydrogen) atoms. The average molecular weight is 571 g/mol. The molecule has 0 aliphatic carbocycles. The molecule has 0 aliphatic heterocycles. The molecule has 0 saturated carbocycles. The van der Waals surface area contributed by atoms with Crippen LogP contribution in [0.25, 0.3) is 0 Å². The van der Waals surface area contributed by atoms with Crippen molar-refractivity contribution >= 4 is 35.9 Å². The van der Waals surface area contributed by atoms with E-state index in [1.165, 1.54) is 14.2 Å². The van der Waals surface area contributed by atoms with Crippen LogP contribution < -0.4 is 20.1 Å². The first-order valence-electron chi connectivity index (χ1n) is 10.6. The summed E-state index contributed by atoms with van der Waals surface area (Å²) in [5.74, 6) is 1.25. The Hall–Kier alpha value is -2.53.